The quantitative estimate of drug-likeness (QED) is 0.830. The highest BCUT2D eigenvalue weighted by molar-refractivity contribution is 5.66. The van der Waals surface area contributed by atoms with E-state index in [4.69, 9.17) is 10.4 Å². The number of nitrogens with zero attached hydrogens (tertiary/aromatic N) is 2. The fourth-order valence-electron chi connectivity index (χ4n) is 2.11. The molecule has 0 radical (unpaired) electrons. The van der Waals surface area contributed by atoms with Gasteiger partial charge in [0, 0.05) is 19.0 Å². The summed E-state index contributed by atoms with van der Waals surface area (Å²) in [4.78, 5) is 12.8. The van der Waals surface area contributed by atoms with Gasteiger partial charge in [-0.05, 0) is 57.0 Å². The van der Waals surface area contributed by atoms with Gasteiger partial charge in [-0.1, -0.05) is 6.07 Å². The normalized spacial score (nSPS) is 10.8. The van der Waals surface area contributed by atoms with Crippen LogP contribution in [0.2, 0.25) is 0 Å². The molecule has 0 heterocycles. The van der Waals surface area contributed by atoms with Crippen molar-refractivity contribution in [1.82, 2.24) is 4.90 Å². The Hall–Kier alpha value is -1.86. The third-order valence-corrected chi connectivity index (χ3v) is 3.41. The average molecular weight is 274 g/mol. The zero-order valence-electron chi connectivity index (χ0n) is 12.4. The summed E-state index contributed by atoms with van der Waals surface area (Å²) >= 11 is 0. The Kier molecular flexibility index (Phi) is 6.20. The molecule has 20 heavy (non-hydrogen) atoms. The lowest BCUT2D eigenvalue weighted by atomic mass is 10.0. The minimum atomic E-state index is -0.747. The summed E-state index contributed by atoms with van der Waals surface area (Å²) in [6, 6.07) is 8.21. The number of carboxylic acid groups (broad SMARTS) is 1. The molecule has 0 aliphatic rings. The molecule has 1 aromatic rings. The Balaban J connectivity index is 2.70. The lowest BCUT2D eigenvalue weighted by Crippen LogP contribution is -2.31. The minimum absolute atomic E-state index is 0.204. The first-order valence-electron chi connectivity index (χ1n) is 6.89. The molecule has 0 amide bonds. The maximum absolute atomic E-state index is 10.6. The number of carboxylic acids is 1. The first kappa shape index (κ1) is 16.2. The van der Waals surface area contributed by atoms with Crippen molar-refractivity contribution < 1.29 is 9.90 Å². The number of nitriles is 1. The molecular formula is C16H22N2O2. The largest absolute Gasteiger partial charge is 0.481 e. The summed E-state index contributed by atoms with van der Waals surface area (Å²) in [7, 11) is 0. The van der Waals surface area contributed by atoms with E-state index in [1.165, 1.54) is 5.56 Å². The summed E-state index contributed by atoms with van der Waals surface area (Å²) in [6.45, 7) is 7.78. The molecule has 0 fully saturated rings. The van der Waals surface area contributed by atoms with Crippen molar-refractivity contribution in [3.8, 4) is 6.07 Å². The molecule has 1 aromatic carbocycles. The first-order chi connectivity index (χ1) is 9.43. The van der Waals surface area contributed by atoms with Crippen molar-refractivity contribution in [3.63, 3.8) is 0 Å². The standard InChI is InChI=1S/C16H22N2O2/c1-12(2)18(8-4-5-16(19)20)11-15-7-6-14(10-17)9-13(15)3/h6-7,9,12H,4-5,8,11H2,1-3H3,(H,19,20). The molecule has 0 aliphatic carbocycles. The summed E-state index contributed by atoms with van der Waals surface area (Å²) in [5, 5.41) is 17.6. The van der Waals surface area contributed by atoms with Crippen molar-refractivity contribution in [2.45, 2.75) is 46.2 Å². The third kappa shape index (κ3) is 5.02. The topological polar surface area (TPSA) is 64.3 Å². The van der Waals surface area contributed by atoms with Crippen LogP contribution in [0.3, 0.4) is 0 Å². The molecule has 0 aliphatic heterocycles. The van der Waals surface area contributed by atoms with E-state index < -0.39 is 5.97 Å². The van der Waals surface area contributed by atoms with Crippen LogP contribution in [0.4, 0.5) is 0 Å². The molecule has 4 heteroatoms. The molecule has 1 N–H and O–H groups in total. The van der Waals surface area contributed by atoms with Crippen LogP contribution in [0.25, 0.3) is 0 Å². The molecule has 0 spiro atoms. The highest BCUT2D eigenvalue weighted by Gasteiger charge is 2.12. The van der Waals surface area contributed by atoms with Gasteiger partial charge in [-0.25, -0.2) is 0 Å². The number of hydrogen-bond donors (Lipinski definition) is 1. The zero-order chi connectivity index (χ0) is 15.1. The highest BCUT2D eigenvalue weighted by atomic mass is 16.4. The number of aliphatic carboxylic acids is 1. The smallest absolute Gasteiger partial charge is 0.303 e. The van der Waals surface area contributed by atoms with E-state index in [2.05, 4.69) is 24.8 Å². The molecule has 4 nitrogen and oxygen atoms in total. The molecule has 0 aromatic heterocycles. The second-order valence-corrected chi connectivity index (χ2v) is 5.31. The van der Waals surface area contributed by atoms with Gasteiger partial charge in [-0.15, -0.1) is 0 Å². The Morgan fingerprint density at radius 3 is 2.65 bits per heavy atom. The Morgan fingerprint density at radius 2 is 2.15 bits per heavy atom. The molecule has 0 bridgehead atoms. The van der Waals surface area contributed by atoms with Crippen LogP contribution in [0, 0.1) is 18.3 Å². The second-order valence-electron chi connectivity index (χ2n) is 5.31. The van der Waals surface area contributed by atoms with Crippen molar-refractivity contribution >= 4 is 5.97 Å². The summed E-state index contributed by atoms with van der Waals surface area (Å²) < 4.78 is 0. The Bertz CT molecular complexity index is 504. The maximum Gasteiger partial charge on any atom is 0.303 e. The van der Waals surface area contributed by atoms with Crippen LogP contribution in [-0.2, 0) is 11.3 Å². The fraction of sp³-hybridized carbons (Fsp3) is 0.500. The minimum Gasteiger partial charge on any atom is -0.481 e. The number of rotatable bonds is 7. The van der Waals surface area contributed by atoms with Crippen molar-refractivity contribution in [2.24, 2.45) is 0 Å². The van der Waals surface area contributed by atoms with E-state index in [9.17, 15) is 4.79 Å². The predicted octanol–water partition coefficient (Wildman–Crippen LogP) is 2.94. The predicted molar refractivity (Wildman–Crippen MR) is 78.3 cm³/mol. The monoisotopic (exact) mass is 274 g/mol. The Labute approximate surface area is 120 Å². The highest BCUT2D eigenvalue weighted by Crippen LogP contribution is 2.15. The van der Waals surface area contributed by atoms with Crippen LogP contribution in [0.5, 0.6) is 0 Å². The van der Waals surface area contributed by atoms with Gasteiger partial charge >= 0.3 is 5.97 Å². The van der Waals surface area contributed by atoms with Crippen LogP contribution in [-0.4, -0.2) is 28.6 Å². The van der Waals surface area contributed by atoms with Crippen molar-refractivity contribution in [1.29, 1.82) is 5.26 Å². The van der Waals surface area contributed by atoms with Crippen LogP contribution in [0.1, 0.15) is 43.4 Å². The molecule has 0 saturated heterocycles. The zero-order valence-corrected chi connectivity index (χ0v) is 12.4. The van der Waals surface area contributed by atoms with Gasteiger partial charge in [0.15, 0.2) is 0 Å². The van der Waals surface area contributed by atoms with Crippen molar-refractivity contribution in [2.75, 3.05) is 6.54 Å². The molecule has 1 rings (SSSR count). The van der Waals surface area contributed by atoms with E-state index in [1.54, 1.807) is 0 Å². The van der Waals surface area contributed by atoms with Gasteiger partial charge in [-0.3, -0.25) is 9.69 Å². The second kappa shape index (κ2) is 7.66. The van der Waals surface area contributed by atoms with Gasteiger partial charge in [0.25, 0.3) is 0 Å². The summed E-state index contributed by atoms with van der Waals surface area (Å²) in [5.41, 5.74) is 2.97. The van der Waals surface area contributed by atoms with Gasteiger partial charge in [0.1, 0.15) is 0 Å². The molecule has 0 saturated carbocycles. The Morgan fingerprint density at radius 1 is 1.45 bits per heavy atom. The van der Waals surface area contributed by atoms with E-state index in [0.717, 1.165) is 18.7 Å². The van der Waals surface area contributed by atoms with E-state index in [1.807, 2.05) is 25.1 Å². The van der Waals surface area contributed by atoms with Gasteiger partial charge in [0.2, 0.25) is 0 Å². The number of carbonyl (C=O) groups is 1. The summed E-state index contributed by atoms with van der Waals surface area (Å²) in [5.74, 6) is -0.747. The average Bonchev–Trinajstić information content (AvgIpc) is 2.38. The molecule has 0 unspecified atom stereocenters. The van der Waals surface area contributed by atoms with E-state index in [-0.39, 0.29) is 6.42 Å². The first-order valence-corrected chi connectivity index (χ1v) is 6.89. The number of hydrogen-bond acceptors (Lipinski definition) is 3. The van der Waals surface area contributed by atoms with Crippen LogP contribution >= 0.6 is 0 Å². The van der Waals surface area contributed by atoms with Crippen molar-refractivity contribution in [3.05, 3.63) is 34.9 Å². The summed E-state index contributed by atoms with van der Waals surface area (Å²) in [6.07, 6.45) is 0.860. The van der Waals surface area contributed by atoms with Gasteiger partial charge in [0.05, 0.1) is 11.6 Å². The third-order valence-electron chi connectivity index (χ3n) is 3.41. The van der Waals surface area contributed by atoms with Crippen LogP contribution < -0.4 is 0 Å². The SMILES string of the molecule is Cc1cc(C#N)ccc1CN(CCCC(=O)O)C(C)C. The fourth-order valence-corrected chi connectivity index (χ4v) is 2.11. The van der Waals surface area contributed by atoms with Gasteiger partial charge in [-0.2, -0.15) is 5.26 Å². The molecular weight excluding hydrogens is 252 g/mol. The maximum atomic E-state index is 10.6. The lowest BCUT2D eigenvalue weighted by Gasteiger charge is -2.27. The van der Waals surface area contributed by atoms with E-state index >= 15 is 0 Å². The molecule has 108 valence electrons. The van der Waals surface area contributed by atoms with Crippen LogP contribution in [0.15, 0.2) is 18.2 Å². The number of aryl methyl sites for hydroxylation is 1. The lowest BCUT2D eigenvalue weighted by molar-refractivity contribution is -0.137. The van der Waals surface area contributed by atoms with E-state index in [0.29, 0.717) is 18.0 Å². The number of benzene rings is 1. The van der Waals surface area contributed by atoms with Gasteiger partial charge < -0.3 is 5.11 Å². The molecule has 0 atom stereocenters.